The molecule has 0 spiro atoms. The van der Waals surface area contributed by atoms with Gasteiger partial charge in [-0.3, -0.25) is 9.89 Å². The van der Waals surface area contributed by atoms with Gasteiger partial charge < -0.3 is 10.1 Å². The number of nitrogens with one attached hydrogen (secondary N) is 2. The number of anilines is 1. The van der Waals surface area contributed by atoms with Gasteiger partial charge in [-0.1, -0.05) is 12.1 Å². The first kappa shape index (κ1) is 13.1. The van der Waals surface area contributed by atoms with Crippen molar-refractivity contribution in [3.8, 4) is 5.75 Å². The molecule has 0 bridgehead atoms. The lowest BCUT2D eigenvalue weighted by Gasteiger charge is -2.22. The maximum Gasteiger partial charge on any atom is 0.259 e. The average molecular weight is 259 g/mol. The van der Waals surface area contributed by atoms with Crippen molar-refractivity contribution in [1.82, 2.24) is 10.2 Å². The van der Waals surface area contributed by atoms with Crippen LogP contribution < -0.4 is 10.1 Å². The molecule has 0 aliphatic carbocycles. The normalized spacial score (nSPS) is 11.1. The number of hydrogen-bond donors (Lipinski definition) is 2. The van der Waals surface area contributed by atoms with Crippen LogP contribution in [0, 0.1) is 0 Å². The van der Waals surface area contributed by atoms with Gasteiger partial charge in [0, 0.05) is 6.20 Å². The second kappa shape index (κ2) is 5.14. The topological polar surface area (TPSA) is 67.0 Å². The Morgan fingerprint density at radius 3 is 2.68 bits per heavy atom. The molecule has 19 heavy (non-hydrogen) atoms. The van der Waals surface area contributed by atoms with Gasteiger partial charge in [0.15, 0.2) is 0 Å². The largest absolute Gasteiger partial charge is 0.487 e. The first-order valence-corrected chi connectivity index (χ1v) is 6.04. The Morgan fingerprint density at radius 2 is 2.05 bits per heavy atom. The van der Waals surface area contributed by atoms with Gasteiger partial charge in [0.2, 0.25) is 0 Å². The van der Waals surface area contributed by atoms with Crippen molar-refractivity contribution in [2.75, 3.05) is 5.32 Å². The van der Waals surface area contributed by atoms with Crippen molar-refractivity contribution >= 4 is 11.6 Å². The Labute approximate surface area is 112 Å². The summed E-state index contributed by atoms with van der Waals surface area (Å²) in [5.41, 5.74) is 0.764. The summed E-state index contributed by atoms with van der Waals surface area (Å²) in [6.07, 6.45) is 3.16. The Morgan fingerprint density at radius 1 is 1.32 bits per heavy atom. The smallest absolute Gasteiger partial charge is 0.259 e. The van der Waals surface area contributed by atoms with Crippen molar-refractivity contribution in [2.45, 2.75) is 26.4 Å². The van der Waals surface area contributed by atoms with E-state index in [-0.39, 0.29) is 11.5 Å². The molecular formula is C14H17N3O2. The number of H-pyrrole nitrogens is 1. The van der Waals surface area contributed by atoms with Crippen LogP contribution in [-0.4, -0.2) is 21.7 Å². The number of aromatic amines is 1. The van der Waals surface area contributed by atoms with Crippen LogP contribution in [0.15, 0.2) is 36.7 Å². The van der Waals surface area contributed by atoms with Gasteiger partial charge in [-0.2, -0.15) is 5.10 Å². The van der Waals surface area contributed by atoms with Crippen molar-refractivity contribution in [3.05, 3.63) is 42.2 Å². The van der Waals surface area contributed by atoms with E-state index in [0.717, 1.165) is 0 Å². The molecular weight excluding hydrogens is 242 g/mol. The summed E-state index contributed by atoms with van der Waals surface area (Å²) in [6, 6.07) is 7.17. The SMILES string of the molecule is CC(C)(C)Oc1ccccc1C(=O)Nc1cn[nH]c1. The summed E-state index contributed by atoms with van der Waals surface area (Å²) < 4.78 is 5.79. The first-order valence-electron chi connectivity index (χ1n) is 6.04. The number of nitrogens with zero attached hydrogens (tertiary/aromatic N) is 1. The zero-order valence-electron chi connectivity index (χ0n) is 11.2. The minimum absolute atomic E-state index is 0.221. The van der Waals surface area contributed by atoms with E-state index in [9.17, 15) is 4.79 Å². The number of aromatic nitrogens is 2. The van der Waals surface area contributed by atoms with Crippen molar-refractivity contribution in [2.24, 2.45) is 0 Å². The molecule has 0 atom stereocenters. The quantitative estimate of drug-likeness (QED) is 0.890. The molecule has 2 N–H and O–H groups in total. The summed E-state index contributed by atoms with van der Waals surface area (Å²) in [5, 5.41) is 9.17. The highest BCUT2D eigenvalue weighted by atomic mass is 16.5. The lowest BCUT2D eigenvalue weighted by molar-refractivity contribution is 0.0999. The van der Waals surface area contributed by atoms with Gasteiger partial charge in [0.1, 0.15) is 11.4 Å². The Hall–Kier alpha value is -2.30. The number of amides is 1. The van der Waals surface area contributed by atoms with Gasteiger partial charge in [-0.05, 0) is 32.9 Å². The van der Waals surface area contributed by atoms with E-state index in [4.69, 9.17) is 4.74 Å². The molecule has 2 aromatic rings. The van der Waals surface area contributed by atoms with Crippen LogP contribution >= 0.6 is 0 Å². The third-order valence-electron chi connectivity index (χ3n) is 2.30. The molecule has 1 aromatic carbocycles. The predicted octanol–water partition coefficient (Wildman–Crippen LogP) is 2.84. The molecule has 5 nitrogen and oxygen atoms in total. The fourth-order valence-electron chi connectivity index (χ4n) is 1.59. The molecule has 1 amide bonds. The van der Waals surface area contributed by atoms with E-state index in [1.54, 1.807) is 30.6 Å². The number of carbonyl (C=O) groups is 1. The Balaban J connectivity index is 2.21. The average Bonchev–Trinajstić information content (AvgIpc) is 2.80. The minimum Gasteiger partial charge on any atom is -0.487 e. The molecule has 1 aromatic heterocycles. The summed E-state index contributed by atoms with van der Waals surface area (Å²) >= 11 is 0. The molecule has 5 heteroatoms. The highest BCUT2D eigenvalue weighted by Gasteiger charge is 2.18. The van der Waals surface area contributed by atoms with E-state index >= 15 is 0 Å². The van der Waals surface area contributed by atoms with Crippen LogP contribution in [0.1, 0.15) is 31.1 Å². The zero-order chi connectivity index (χ0) is 13.9. The number of benzene rings is 1. The summed E-state index contributed by atoms with van der Waals surface area (Å²) in [4.78, 5) is 12.2. The summed E-state index contributed by atoms with van der Waals surface area (Å²) in [7, 11) is 0. The molecule has 0 aliphatic heterocycles. The molecule has 0 unspecified atom stereocenters. The van der Waals surface area contributed by atoms with E-state index < -0.39 is 0 Å². The third-order valence-corrected chi connectivity index (χ3v) is 2.30. The zero-order valence-corrected chi connectivity index (χ0v) is 11.2. The van der Waals surface area contributed by atoms with Gasteiger partial charge >= 0.3 is 0 Å². The Bertz CT molecular complexity index is 556. The van der Waals surface area contributed by atoms with Gasteiger partial charge in [0.05, 0.1) is 17.4 Å². The monoisotopic (exact) mass is 259 g/mol. The molecule has 0 radical (unpaired) electrons. The first-order chi connectivity index (χ1) is 8.96. The maximum atomic E-state index is 12.2. The molecule has 1 heterocycles. The minimum atomic E-state index is -0.355. The second-order valence-corrected chi connectivity index (χ2v) is 5.15. The van der Waals surface area contributed by atoms with Gasteiger partial charge in [0.25, 0.3) is 5.91 Å². The lowest BCUT2D eigenvalue weighted by atomic mass is 10.1. The van der Waals surface area contributed by atoms with E-state index in [1.807, 2.05) is 26.8 Å². The number of ether oxygens (including phenoxy) is 1. The van der Waals surface area contributed by atoms with Crippen LogP contribution in [0.2, 0.25) is 0 Å². The maximum absolute atomic E-state index is 12.2. The standard InChI is InChI=1S/C14H17N3O2/c1-14(2,3)19-12-7-5-4-6-11(12)13(18)17-10-8-15-16-9-10/h4-9H,1-3H3,(H,15,16)(H,17,18). The predicted molar refractivity (Wildman–Crippen MR) is 73.4 cm³/mol. The fraction of sp³-hybridized carbons (Fsp3) is 0.286. The number of carbonyl (C=O) groups excluding carboxylic acids is 1. The third kappa shape index (κ3) is 3.58. The van der Waals surface area contributed by atoms with Gasteiger partial charge in [-0.25, -0.2) is 0 Å². The summed E-state index contributed by atoms with van der Waals surface area (Å²) in [6.45, 7) is 5.83. The van der Waals surface area contributed by atoms with Crippen LogP contribution in [0.5, 0.6) is 5.75 Å². The fourth-order valence-corrected chi connectivity index (χ4v) is 1.59. The van der Waals surface area contributed by atoms with Crippen molar-refractivity contribution < 1.29 is 9.53 Å². The highest BCUT2D eigenvalue weighted by molar-refractivity contribution is 6.06. The molecule has 0 fully saturated rings. The van der Waals surface area contributed by atoms with E-state index in [1.165, 1.54) is 0 Å². The molecule has 2 rings (SSSR count). The molecule has 0 saturated carbocycles. The Kier molecular flexibility index (Phi) is 3.55. The lowest BCUT2D eigenvalue weighted by Crippen LogP contribution is -2.25. The van der Waals surface area contributed by atoms with E-state index in [2.05, 4.69) is 15.5 Å². The van der Waals surface area contributed by atoms with Crippen LogP contribution in [-0.2, 0) is 0 Å². The van der Waals surface area contributed by atoms with Crippen LogP contribution in [0.25, 0.3) is 0 Å². The number of para-hydroxylation sites is 1. The van der Waals surface area contributed by atoms with Crippen LogP contribution in [0.3, 0.4) is 0 Å². The molecule has 0 aliphatic rings. The van der Waals surface area contributed by atoms with E-state index in [0.29, 0.717) is 17.0 Å². The molecule has 0 saturated heterocycles. The number of rotatable bonds is 3. The van der Waals surface area contributed by atoms with Crippen LogP contribution in [0.4, 0.5) is 5.69 Å². The van der Waals surface area contributed by atoms with Gasteiger partial charge in [-0.15, -0.1) is 0 Å². The van der Waals surface area contributed by atoms with Crippen molar-refractivity contribution in [1.29, 1.82) is 0 Å². The second-order valence-electron chi connectivity index (χ2n) is 5.15. The van der Waals surface area contributed by atoms with Crippen molar-refractivity contribution in [3.63, 3.8) is 0 Å². The summed E-state index contributed by atoms with van der Waals surface area (Å²) in [5.74, 6) is 0.345. The number of hydrogen-bond acceptors (Lipinski definition) is 3. The molecule has 100 valence electrons. The highest BCUT2D eigenvalue weighted by Crippen LogP contribution is 2.23.